The van der Waals surface area contributed by atoms with Crippen molar-refractivity contribution in [2.75, 3.05) is 0 Å². The van der Waals surface area contributed by atoms with Gasteiger partial charge in [0.15, 0.2) is 0 Å². The zero-order valence-electron chi connectivity index (χ0n) is 12.0. The van der Waals surface area contributed by atoms with Gasteiger partial charge in [0.25, 0.3) is 5.91 Å². The number of benzene rings is 2. The standard InChI is InChI=1S/C16H14Br2N2O2/c1-9-4-3-5-11(6-9)16(22)20-19-10(2)13-7-12(17)8-14(18)15(13)21/h3-8,21H,1-2H3,(H,20,22). The van der Waals surface area contributed by atoms with E-state index in [-0.39, 0.29) is 11.7 Å². The lowest BCUT2D eigenvalue weighted by molar-refractivity contribution is 0.0954. The first-order valence-electron chi connectivity index (χ1n) is 6.48. The summed E-state index contributed by atoms with van der Waals surface area (Å²) in [4.78, 5) is 12.1. The maximum absolute atomic E-state index is 12.1. The van der Waals surface area contributed by atoms with E-state index in [1.807, 2.05) is 19.1 Å². The van der Waals surface area contributed by atoms with Gasteiger partial charge in [0.1, 0.15) is 5.75 Å². The first-order chi connectivity index (χ1) is 10.4. The van der Waals surface area contributed by atoms with Gasteiger partial charge < -0.3 is 5.11 Å². The Balaban J connectivity index is 2.22. The average molecular weight is 426 g/mol. The number of amides is 1. The smallest absolute Gasteiger partial charge is 0.271 e. The molecule has 0 spiro atoms. The van der Waals surface area contributed by atoms with E-state index in [1.54, 1.807) is 31.2 Å². The summed E-state index contributed by atoms with van der Waals surface area (Å²) in [6, 6.07) is 10.7. The molecule has 0 aromatic heterocycles. The Hall–Kier alpha value is -1.66. The summed E-state index contributed by atoms with van der Waals surface area (Å²) >= 11 is 6.62. The number of rotatable bonds is 3. The largest absolute Gasteiger partial charge is 0.506 e. The van der Waals surface area contributed by atoms with Crippen LogP contribution in [0.2, 0.25) is 0 Å². The quantitative estimate of drug-likeness (QED) is 0.566. The van der Waals surface area contributed by atoms with Gasteiger partial charge >= 0.3 is 0 Å². The number of hydrogen-bond acceptors (Lipinski definition) is 3. The molecule has 0 aliphatic rings. The summed E-state index contributed by atoms with van der Waals surface area (Å²) in [7, 11) is 0. The molecular formula is C16H14Br2N2O2. The molecule has 6 heteroatoms. The molecule has 2 N–H and O–H groups in total. The number of aromatic hydroxyl groups is 1. The lowest BCUT2D eigenvalue weighted by Gasteiger charge is -2.08. The second kappa shape index (κ2) is 7.07. The number of carbonyl (C=O) groups excluding carboxylic acids is 1. The van der Waals surface area contributed by atoms with Crippen LogP contribution < -0.4 is 5.43 Å². The summed E-state index contributed by atoms with van der Waals surface area (Å²) in [6.07, 6.45) is 0. The molecule has 2 aromatic rings. The Kier molecular flexibility index (Phi) is 5.37. The van der Waals surface area contributed by atoms with Crippen molar-refractivity contribution < 1.29 is 9.90 Å². The van der Waals surface area contributed by atoms with Gasteiger partial charge in [-0.15, -0.1) is 0 Å². The fourth-order valence-corrected chi connectivity index (χ4v) is 3.11. The topological polar surface area (TPSA) is 61.7 Å². The third-order valence-electron chi connectivity index (χ3n) is 3.02. The number of phenols is 1. The molecule has 114 valence electrons. The lowest BCUT2D eigenvalue weighted by Crippen LogP contribution is -2.19. The Morgan fingerprint density at radius 1 is 1.23 bits per heavy atom. The lowest BCUT2D eigenvalue weighted by atomic mass is 10.1. The van der Waals surface area contributed by atoms with Gasteiger partial charge in [-0.3, -0.25) is 4.79 Å². The first kappa shape index (κ1) is 16.7. The van der Waals surface area contributed by atoms with Gasteiger partial charge in [0.05, 0.1) is 10.2 Å². The highest BCUT2D eigenvalue weighted by atomic mass is 79.9. The summed E-state index contributed by atoms with van der Waals surface area (Å²) in [5.41, 5.74) is 5.07. The number of hydrogen-bond donors (Lipinski definition) is 2. The van der Waals surface area contributed by atoms with Crippen molar-refractivity contribution in [3.05, 3.63) is 62.0 Å². The second-order valence-corrected chi connectivity index (χ2v) is 6.56. The minimum absolute atomic E-state index is 0.0780. The highest BCUT2D eigenvalue weighted by Gasteiger charge is 2.11. The van der Waals surface area contributed by atoms with Crippen LogP contribution in [-0.4, -0.2) is 16.7 Å². The van der Waals surface area contributed by atoms with Crippen molar-refractivity contribution in [2.45, 2.75) is 13.8 Å². The number of nitrogens with zero attached hydrogens (tertiary/aromatic N) is 1. The predicted octanol–water partition coefficient (Wildman–Crippen LogP) is 4.38. The van der Waals surface area contributed by atoms with Gasteiger partial charge in [-0.2, -0.15) is 5.10 Å². The molecule has 0 bridgehead atoms. The van der Waals surface area contributed by atoms with Crippen LogP contribution in [0, 0.1) is 6.92 Å². The number of hydrazone groups is 1. The van der Waals surface area contributed by atoms with Crippen molar-refractivity contribution in [1.82, 2.24) is 5.43 Å². The second-order valence-electron chi connectivity index (χ2n) is 4.79. The van der Waals surface area contributed by atoms with Gasteiger partial charge in [-0.1, -0.05) is 33.6 Å². The third kappa shape index (κ3) is 3.96. The molecule has 2 rings (SSSR count). The highest BCUT2D eigenvalue weighted by molar-refractivity contribution is 9.11. The zero-order valence-corrected chi connectivity index (χ0v) is 15.2. The predicted molar refractivity (Wildman–Crippen MR) is 94.4 cm³/mol. The van der Waals surface area contributed by atoms with Crippen LogP contribution >= 0.6 is 31.9 Å². The molecular weight excluding hydrogens is 412 g/mol. The van der Waals surface area contributed by atoms with Crippen molar-refractivity contribution in [2.24, 2.45) is 5.10 Å². The van der Waals surface area contributed by atoms with E-state index in [0.717, 1.165) is 10.0 Å². The SMILES string of the molecule is CC(=NNC(=O)c1cccc(C)c1)c1cc(Br)cc(Br)c1O. The third-order valence-corrected chi connectivity index (χ3v) is 4.09. The van der Waals surface area contributed by atoms with Crippen LogP contribution in [0.4, 0.5) is 0 Å². The maximum atomic E-state index is 12.1. The number of halogens is 2. The number of aryl methyl sites for hydroxylation is 1. The van der Waals surface area contributed by atoms with Gasteiger partial charge in [-0.25, -0.2) is 5.43 Å². The molecule has 0 radical (unpaired) electrons. The first-order valence-corrected chi connectivity index (χ1v) is 8.06. The minimum atomic E-state index is -0.295. The van der Waals surface area contributed by atoms with Crippen LogP contribution in [0.1, 0.15) is 28.4 Å². The van der Waals surface area contributed by atoms with E-state index in [0.29, 0.717) is 21.3 Å². The number of phenolic OH excluding ortho intramolecular Hbond substituents is 1. The molecule has 0 unspecified atom stereocenters. The summed E-state index contributed by atoms with van der Waals surface area (Å²) < 4.78 is 1.35. The van der Waals surface area contributed by atoms with Crippen molar-refractivity contribution in [3.63, 3.8) is 0 Å². The van der Waals surface area contributed by atoms with Crippen LogP contribution in [-0.2, 0) is 0 Å². The Morgan fingerprint density at radius 3 is 2.64 bits per heavy atom. The van der Waals surface area contributed by atoms with E-state index in [2.05, 4.69) is 42.4 Å². The van der Waals surface area contributed by atoms with Crippen molar-refractivity contribution in [3.8, 4) is 5.75 Å². The molecule has 0 fully saturated rings. The van der Waals surface area contributed by atoms with Crippen LogP contribution in [0.3, 0.4) is 0 Å². The average Bonchev–Trinajstić information content (AvgIpc) is 2.48. The molecule has 2 aromatic carbocycles. The monoisotopic (exact) mass is 424 g/mol. The molecule has 1 amide bonds. The van der Waals surface area contributed by atoms with Crippen molar-refractivity contribution >= 4 is 43.5 Å². The molecule has 0 atom stereocenters. The Morgan fingerprint density at radius 2 is 1.95 bits per heavy atom. The molecule has 0 heterocycles. The van der Waals surface area contributed by atoms with Crippen LogP contribution in [0.15, 0.2) is 50.4 Å². The fraction of sp³-hybridized carbons (Fsp3) is 0.125. The van der Waals surface area contributed by atoms with Gasteiger partial charge in [0.2, 0.25) is 0 Å². The highest BCUT2D eigenvalue weighted by Crippen LogP contribution is 2.32. The molecule has 0 aliphatic heterocycles. The Labute approximate surface area is 145 Å². The number of carbonyl (C=O) groups is 1. The van der Waals surface area contributed by atoms with E-state index < -0.39 is 0 Å². The van der Waals surface area contributed by atoms with Crippen LogP contribution in [0.25, 0.3) is 0 Å². The van der Waals surface area contributed by atoms with Crippen LogP contribution in [0.5, 0.6) is 5.75 Å². The van der Waals surface area contributed by atoms with Gasteiger partial charge in [-0.05, 0) is 54.0 Å². The molecule has 0 aliphatic carbocycles. The fourth-order valence-electron chi connectivity index (χ4n) is 1.89. The Bertz CT molecular complexity index is 758. The normalized spacial score (nSPS) is 11.4. The van der Waals surface area contributed by atoms with Gasteiger partial charge in [0, 0.05) is 15.6 Å². The minimum Gasteiger partial charge on any atom is -0.506 e. The van der Waals surface area contributed by atoms with E-state index in [1.165, 1.54) is 0 Å². The summed E-state index contributed by atoms with van der Waals surface area (Å²) in [5, 5.41) is 14.1. The van der Waals surface area contributed by atoms with Crippen molar-refractivity contribution in [1.29, 1.82) is 0 Å². The van der Waals surface area contributed by atoms with E-state index in [9.17, 15) is 9.90 Å². The molecule has 22 heavy (non-hydrogen) atoms. The molecule has 0 saturated carbocycles. The van der Waals surface area contributed by atoms with E-state index in [4.69, 9.17) is 0 Å². The molecule has 0 saturated heterocycles. The van der Waals surface area contributed by atoms with E-state index >= 15 is 0 Å². The molecule has 4 nitrogen and oxygen atoms in total. The summed E-state index contributed by atoms with van der Waals surface area (Å²) in [5.74, 6) is -0.217. The number of nitrogens with one attached hydrogen (secondary N) is 1. The summed E-state index contributed by atoms with van der Waals surface area (Å²) in [6.45, 7) is 3.63. The maximum Gasteiger partial charge on any atom is 0.271 e. The zero-order chi connectivity index (χ0) is 16.3.